The van der Waals surface area contributed by atoms with Crippen molar-refractivity contribution in [1.29, 1.82) is 0 Å². The van der Waals surface area contributed by atoms with Gasteiger partial charge in [0.25, 0.3) is 0 Å². The summed E-state index contributed by atoms with van der Waals surface area (Å²) in [5.41, 5.74) is 0. The van der Waals surface area contributed by atoms with Crippen LogP contribution in [0.1, 0.15) is 26.7 Å². The Morgan fingerprint density at radius 2 is 2.13 bits per heavy atom. The minimum absolute atomic E-state index is 0.127. The van der Waals surface area contributed by atoms with E-state index in [1.165, 1.54) is 0 Å². The average Bonchev–Trinajstić information content (AvgIpc) is 2.94. The molecule has 0 spiro atoms. The van der Waals surface area contributed by atoms with Gasteiger partial charge in [-0.25, -0.2) is 0 Å². The molecule has 1 saturated carbocycles. The lowest BCUT2D eigenvalue weighted by molar-refractivity contribution is 0.216. The fourth-order valence-electron chi connectivity index (χ4n) is 1.21. The number of pyridine rings is 1. The summed E-state index contributed by atoms with van der Waals surface area (Å²) in [6.45, 7) is 3.98. The Kier molecular flexibility index (Phi) is 3.14. The Morgan fingerprint density at radius 3 is 2.73 bits per heavy atom. The van der Waals surface area contributed by atoms with Gasteiger partial charge in [-0.2, -0.15) is 0 Å². The summed E-state index contributed by atoms with van der Waals surface area (Å²) in [5.74, 6) is 1.49. The zero-order chi connectivity index (χ0) is 10.8. The van der Waals surface area contributed by atoms with E-state index in [0.29, 0.717) is 11.9 Å². The van der Waals surface area contributed by atoms with Crippen LogP contribution in [0.2, 0.25) is 0 Å². The zero-order valence-electron chi connectivity index (χ0n) is 8.87. The molecule has 0 aliphatic heterocycles. The SMILES string of the molecule is CC(C)Oc1cncc(Br)c1OC1CC1. The largest absolute Gasteiger partial charge is 0.485 e. The molecule has 1 heterocycles. The molecule has 1 aliphatic carbocycles. The van der Waals surface area contributed by atoms with E-state index in [-0.39, 0.29) is 6.10 Å². The fraction of sp³-hybridized carbons (Fsp3) is 0.545. The topological polar surface area (TPSA) is 31.4 Å². The third-order valence-electron chi connectivity index (χ3n) is 1.99. The molecule has 0 bridgehead atoms. The number of hydrogen-bond donors (Lipinski definition) is 0. The van der Waals surface area contributed by atoms with Crippen LogP contribution in [0.4, 0.5) is 0 Å². The van der Waals surface area contributed by atoms with Crippen LogP contribution in [0, 0.1) is 0 Å². The second kappa shape index (κ2) is 4.39. The van der Waals surface area contributed by atoms with Gasteiger partial charge in [-0.1, -0.05) is 0 Å². The van der Waals surface area contributed by atoms with Crippen molar-refractivity contribution in [2.75, 3.05) is 0 Å². The maximum atomic E-state index is 5.78. The third-order valence-corrected chi connectivity index (χ3v) is 2.56. The molecule has 4 heteroatoms. The van der Waals surface area contributed by atoms with Crippen LogP contribution < -0.4 is 9.47 Å². The highest BCUT2D eigenvalue weighted by atomic mass is 79.9. The van der Waals surface area contributed by atoms with E-state index in [1.54, 1.807) is 12.4 Å². The Labute approximate surface area is 97.9 Å². The van der Waals surface area contributed by atoms with Gasteiger partial charge in [0.1, 0.15) is 0 Å². The number of ether oxygens (including phenoxy) is 2. The van der Waals surface area contributed by atoms with Gasteiger partial charge in [0.15, 0.2) is 11.5 Å². The highest BCUT2D eigenvalue weighted by Crippen LogP contribution is 2.38. The van der Waals surface area contributed by atoms with Crippen LogP contribution in [-0.2, 0) is 0 Å². The molecule has 0 amide bonds. The standard InChI is InChI=1S/C11H14BrNO2/c1-7(2)14-10-6-13-5-9(12)11(10)15-8-3-4-8/h5-8H,3-4H2,1-2H3. The van der Waals surface area contributed by atoms with E-state index in [9.17, 15) is 0 Å². The van der Waals surface area contributed by atoms with E-state index in [0.717, 1.165) is 23.1 Å². The number of aromatic nitrogens is 1. The maximum absolute atomic E-state index is 5.78. The molecule has 15 heavy (non-hydrogen) atoms. The monoisotopic (exact) mass is 271 g/mol. The molecule has 1 aliphatic rings. The van der Waals surface area contributed by atoms with Crippen molar-refractivity contribution in [1.82, 2.24) is 4.98 Å². The van der Waals surface area contributed by atoms with Crippen molar-refractivity contribution in [2.45, 2.75) is 38.9 Å². The minimum atomic E-state index is 0.127. The van der Waals surface area contributed by atoms with Crippen molar-refractivity contribution in [3.05, 3.63) is 16.9 Å². The van der Waals surface area contributed by atoms with Crippen LogP contribution in [-0.4, -0.2) is 17.2 Å². The van der Waals surface area contributed by atoms with Crippen LogP contribution in [0.3, 0.4) is 0 Å². The fourth-order valence-corrected chi connectivity index (χ4v) is 1.62. The third kappa shape index (κ3) is 2.84. The summed E-state index contributed by atoms with van der Waals surface area (Å²) in [4.78, 5) is 4.07. The molecular formula is C11H14BrNO2. The van der Waals surface area contributed by atoms with Gasteiger partial charge in [0.2, 0.25) is 0 Å². The molecule has 1 aromatic rings. The zero-order valence-corrected chi connectivity index (χ0v) is 10.5. The maximum Gasteiger partial charge on any atom is 0.181 e. The molecule has 1 aromatic heterocycles. The van der Waals surface area contributed by atoms with Crippen molar-refractivity contribution < 1.29 is 9.47 Å². The molecule has 0 N–H and O–H groups in total. The van der Waals surface area contributed by atoms with Crippen molar-refractivity contribution >= 4 is 15.9 Å². The summed E-state index contributed by atoms with van der Waals surface area (Å²) in [5, 5.41) is 0. The van der Waals surface area contributed by atoms with E-state index in [2.05, 4.69) is 20.9 Å². The predicted octanol–water partition coefficient (Wildman–Crippen LogP) is 3.17. The molecule has 1 fully saturated rings. The van der Waals surface area contributed by atoms with Crippen LogP contribution >= 0.6 is 15.9 Å². The van der Waals surface area contributed by atoms with Gasteiger partial charge in [-0.3, -0.25) is 4.98 Å². The Hall–Kier alpha value is -0.770. The Balaban J connectivity index is 2.21. The van der Waals surface area contributed by atoms with Gasteiger partial charge in [-0.05, 0) is 42.6 Å². The second-order valence-corrected chi connectivity index (χ2v) is 4.79. The summed E-state index contributed by atoms with van der Waals surface area (Å²) in [7, 11) is 0. The molecule has 0 radical (unpaired) electrons. The first-order valence-electron chi connectivity index (χ1n) is 5.13. The van der Waals surface area contributed by atoms with Gasteiger partial charge in [0, 0.05) is 6.20 Å². The molecule has 0 aromatic carbocycles. The highest BCUT2D eigenvalue weighted by molar-refractivity contribution is 9.10. The average molecular weight is 272 g/mol. The van der Waals surface area contributed by atoms with Gasteiger partial charge < -0.3 is 9.47 Å². The number of rotatable bonds is 4. The Bertz CT molecular complexity index is 350. The summed E-state index contributed by atoms with van der Waals surface area (Å²) < 4.78 is 12.3. The van der Waals surface area contributed by atoms with Gasteiger partial charge >= 0.3 is 0 Å². The van der Waals surface area contributed by atoms with Gasteiger partial charge in [0.05, 0.1) is 22.9 Å². The smallest absolute Gasteiger partial charge is 0.181 e. The molecule has 2 rings (SSSR count). The quantitative estimate of drug-likeness (QED) is 0.843. The normalized spacial score (nSPS) is 15.5. The first-order chi connectivity index (χ1) is 7.16. The molecular weight excluding hydrogens is 258 g/mol. The number of hydrogen-bond acceptors (Lipinski definition) is 3. The lowest BCUT2D eigenvalue weighted by Gasteiger charge is -2.15. The van der Waals surface area contributed by atoms with Crippen LogP contribution in [0.25, 0.3) is 0 Å². The van der Waals surface area contributed by atoms with E-state index < -0.39 is 0 Å². The Morgan fingerprint density at radius 1 is 1.40 bits per heavy atom. The van der Waals surface area contributed by atoms with Crippen molar-refractivity contribution in [3.63, 3.8) is 0 Å². The molecule has 0 unspecified atom stereocenters. The summed E-state index contributed by atoms with van der Waals surface area (Å²) in [6.07, 6.45) is 6.18. The van der Waals surface area contributed by atoms with E-state index >= 15 is 0 Å². The first kappa shape index (κ1) is 10.7. The first-order valence-corrected chi connectivity index (χ1v) is 5.93. The molecule has 82 valence electrons. The number of nitrogens with zero attached hydrogens (tertiary/aromatic N) is 1. The summed E-state index contributed by atoms with van der Waals surface area (Å²) in [6, 6.07) is 0. The predicted molar refractivity (Wildman–Crippen MR) is 61.4 cm³/mol. The molecule has 3 nitrogen and oxygen atoms in total. The van der Waals surface area contributed by atoms with Crippen LogP contribution in [0.15, 0.2) is 16.9 Å². The van der Waals surface area contributed by atoms with E-state index in [1.807, 2.05) is 13.8 Å². The lowest BCUT2D eigenvalue weighted by atomic mass is 10.4. The van der Waals surface area contributed by atoms with Gasteiger partial charge in [-0.15, -0.1) is 0 Å². The summed E-state index contributed by atoms with van der Waals surface area (Å²) >= 11 is 3.43. The van der Waals surface area contributed by atoms with Crippen molar-refractivity contribution in [3.8, 4) is 11.5 Å². The molecule has 0 saturated heterocycles. The highest BCUT2D eigenvalue weighted by Gasteiger charge is 2.26. The molecule has 0 atom stereocenters. The minimum Gasteiger partial charge on any atom is -0.485 e. The second-order valence-electron chi connectivity index (χ2n) is 3.93. The lowest BCUT2D eigenvalue weighted by Crippen LogP contribution is -2.08. The van der Waals surface area contributed by atoms with E-state index in [4.69, 9.17) is 9.47 Å². The van der Waals surface area contributed by atoms with Crippen molar-refractivity contribution in [2.24, 2.45) is 0 Å². The number of halogens is 1. The van der Waals surface area contributed by atoms with Crippen LogP contribution in [0.5, 0.6) is 11.5 Å².